The average molecular weight is 472 g/mol. The molecule has 1 rings (SSSR count). The fourth-order valence-electron chi connectivity index (χ4n) is 3.99. The van der Waals surface area contributed by atoms with E-state index in [0.717, 1.165) is 50.5 Å². The highest BCUT2D eigenvalue weighted by Crippen LogP contribution is 2.34. The molecule has 0 saturated heterocycles. The third-order valence-corrected chi connectivity index (χ3v) is 6.59. The predicted molar refractivity (Wildman–Crippen MR) is 128 cm³/mol. The van der Waals surface area contributed by atoms with E-state index in [-0.39, 0.29) is 36.6 Å². The van der Waals surface area contributed by atoms with Crippen LogP contribution >= 0.6 is 11.9 Å². The van der Waals surface area contributed by atoms with Gasteiger partial charge in [-0.1, -0.05) is 57.6 Å². The van der Waals surface area contributed by atoms with Crippen molar-refractivity contribution in [2.75, 3.05) is 6.61 Å². The van der Waals surface area contributed by atoms with Crippen molar-refractivity contribution < 1.29 is 24.5 Å². The molecule has 0 spiro atoms. The zero-order chi connectivity index (χ0) is 24.0. The van der Waals surface area contributed by atoms with Crippen molar-refractivity contribution in [2.24, 2.45) is 16.4 Å². The molecule has 0 radical (unpaired) electrons. The van der Waals surface area contributed by atoms with Gasteiger partial charge in [0.25, 0.3) is 0 Å². The van der Waals surface area contributed by atoms with Gasteiger partial charge in [0.15, 0.2) is 0 Å². The van der Waals surface area contributed by atoms with Crippen LogP contribution in [0.4, 0.5) is 0 Å². The first-order valence-corrected chi connectivity index (χ1v) is 12.7. The zero-order valence-corrected chi connectivity index (χ0v) is 20.6. The van der Waals surface area contributed by atoms with Crippen LogP contribution in [-0.2, 0) is 14.3 Å². The lowest BCUT2D eigenvalue weighted by molar-refractivity contribution is -0.144. The van der Waals surface area contributed by atoms with Gasteiger partial charge in [-0.25, -0.2) is 0 Å². The van der Waals surface area contributed by atoms with E-state index in [9.17, 15) is 24.7 Å². The number of aliphatic hydroxyl groups excluding tert-OH is 2. The topological polar surface area (TPSA) is 113 Å². The number of carbonyl (C=O) groups excluding carboxylic acids is 2. The SMILES string of the molecule is CCCCC[C@H](O)C=C[C@@H]1[C@H](O)CC(=O)[C@@H]1CCCCCCC(=O)OCC(C)(C)SN=O. The number of hydrogen-bond acceptors (Lipinski definition) is 8. The van der Waals surface area contributed by atoms with E-state index in [4.69, 9.17) is 4.74 Å². The smallest absolute Gasteiger partial charge is 0.305 e. The number of ether oxygens (including phenoxy) is 1. The molecule has 2 N–H and O–H groups in total. The van der Waals surface area contributed by atoms with E-state index in [1.54, 1.807) is 19.9 Å². The Bertz CT molecular complexity index is 609. The van der Waals surface area contributed by atoms with E-state index in [0.29, 0.717) is 25.7 Å². The van der Waals surface area contributed by atoms with Crippen LogP contribution in [0.1, 0.15) is 91.4 Å². The van der Waals surface area contributed by atoms with Crippen LogP contribution in [0.3, 0.4) is 0 Å². The maximum Gasteiger partial charge on any atom is 0.305 e. The van der Waals surface area contributed by atoms with Gasteiger partial charge in [0.1, 0.15) is 12.4 Å². The number of ketones is 1. The monoisotopic (exact) mass is 471 g/mol. The molecule has 184 valence electrons. The Morgan fingerprint density at radius 3 is 2.66 bits per heavy atom. The van der Waals surface area contributed by atoms with Gasteiger partial charge in [-0.2, -0.15) is 0 Å². The highest BCUT2D eigenvalue weighted by molar-refractivity contribution is 7.99. The summed E-state index contributed by atoms with van der Waals surface area (Å²) < 4.78 is 7.47. The van der Waals surface area contributed by atoms with E-state index in [1.165, 1.54) is 0 Å². The molecule has 7 nitrogen and oxygen atoms in total. The molecule has 0 aromatic carbocycles. The molecule has 1 aliphatic carbocycles. The number of nitroso groups, excluding NO2 is 1. The molecule has 0 amide bonds. The lowest BCUT2D eigenvalue weighted by Crippen LogP contribution is -2.24. The minimum atomic E-state index is -0.668. The largest absolute Gasteiger partial charge is 0.464 e. The summed E-state index contributed by atoms with van der Waals surface area (Å²) in [5.74, 6) is -0.594. The summed E-state index contributed by atoms with van der Waals surface area (Å²) in [6, 6.07) is 0. The fourth-order valence-corrected chi connectivity index (χ4v) is 4.30. The molecule has 0 bridgehead atoms. The van der Waals surface area contributed by atoms with Crippen LogP contribution in [0.15, 0.2) is 16.7 Å². The summed E-state index contributed by atoms with van der Waals surface area (Å²) in [5.41, 5.74) is 0. The summed E-state index contributed by atoms with van der Waals surface area (Å²) in [6.07, 6.45) is 10.8. The molecule has 0 aromatic rings. The second kappa shape index (κ2) is 15.6. The number of aliphatic hydroxyl groups is 2. The zero-order valence-electron chi connectivity index (χ0n) is 19.8. The third-order valence-electron chi connectivity index (χ3n) is 5.90. The Morgan fingerprint density at radius 2 is 1.97 bits per heavy atom. The molecule has 0 aliphatic heterocycles. The highest BCUT2D eigenvalue weighted by atomic mass is 32.2. The Kier molecular flexibility index (Phi) is 14.0. The first-order valence-electron chi connectivity index (χ1n) is 11.9. The van der Waals surface area contributed by atoms with Gasteiger partial charge in [0.05, 0.1) is 17.0 Å². The Morgan fingerprint density at radius 1 is 1.25 bits per heavy atom. The minimum absolute atomic E-state index is 0.0986. The Balaban J connectivity index is 2.29. The maximum absolute atomic E-state index is 12.3. The first kappa shape index (κ1) is 28.8. The standard InChI is InChI=1S/C24H41NO6S/c1-4-5-8-11-18(26)14-15-20-19(21(27)16-22(20)28)12-9-6-7-10-13-23(29)31-17-24(2,3)32-25-30/h14-15,18-20,22,26,28H,4-13,16-17H2,1-3H3/t18-,19+,20-,22+/m0/s1. The quantitative estimate of drug-likeness (QED) is 0.0994. The fraction of sp³-hybridized carbons (Fsp3) is 0.833. The third kappa shape index (κ3) is 11.6. The molecule has 0 heterocycles. The van der Waals surface area contributed by atoms with Crippen LogP contribution < -0.4 is 0 Å². The summed E-state index contributed by atoms with van der Waals surface area (Å²) in [6.45, 7) is 5.86. The molecule has 32 heavy (non-hydrogen) atoms. The second-order valence-electron chi connectivity index (χ2n) is 9.41. The number of carbonyl (C=O) groups is 2. The van der Waals surface area contributed by atoms with Gasteiger partial charge in [-0.05, 0) is 33.1 Å². The van der Waals surface area contributed by atoms with Crippen molar-refractivity contribution in [2.45, 2.75) is 108 Å². The van der Waals surface area contributed by atoms with Crippen molar-refractivity contribution in [3.8, 4) is 0 Å². The van der Waals surface area contributed by atoms with Crippen molar-refractivity contribution in [3.63, 3.8) is 0 Å². The van der Waals surface area contributed by atoms with Gasteiger partial charge in [0.2, 0.25) is 0 Å². The maximum atomic E-state index is 12.3. The summed E-state index contributed by atoms with van der Waals surface area (Å²) in [7, 11) is 0. The number of Topliss-reactive ketones (excluding diaryl/α,β-unsaturated/α-hetero) is 1. The van der Waals surface area contributed by atoms with E-state index in [1.807, 2.05) is 6.08 Å². The highest BCUT2D eigenvalue weighted by Gasteiger charge is 2.39. The predicted octanol–water partition coefficient (Wildman–Crippen LogP) is 5.13. The Hall–Kier alpha value is -1.25. The lowest BCUT2D eigenvalue weighted by atomic mass is 9.88. The van der Waals surface area contributed by atoms with E-state index >= 15 is 0 Å². The van der Waals surface area contributed by atoms with Crippen molar-refractivity contribution in [3.05, 3.63) is 17.1 Å². The number of unbranched alkanes of at least 4 members (excludes halogenated alkanes) is 5. The van der Waals surface area contributed by atoms with Crippen LogP contribution in [-0.4, -0.2) is 45.5 Å². The molecule has 1 fully saturated rings. The van der Waals surface area contributed by atoms with Gasteiger partial charge in [-0.15, -0.1) is 4.91 Å². The number of rotatable bonds is 17. The molecule has 0 aromatic heterocycles. The molecular formula is C24H41NO6S. The van der Waals surface area contributed by atoms with Crippen LogP contribution in [0.5, 0.6) is 0 Å². The second-order valence-corrected chi connectivity index (χ2v) is 10.8. The summed E-state index contributed by atoms with van der Waals surface area (Å²) >= 11 is 0.860. The number of esters is 1. The molecule has 8 heteroatoms. The molecule has 1 aliphatic rings. The first-order chi connectivity index (χ1) is 15.2. The van der Waals surface area contributed by atoms with Crippen molar-refractivity contribution in [1.82, 2.24) is 0 Å². The molecular weight excluding hydrogens is 430 g/mol. The number of nitrogens with zero attached hydrogens (tertiary/aromatic N) is 1. The van der Waals surface area contributed by atoms with Crippen LogP contribution in [0.25, 0.3) is 0 Å². The van der Waals surface area contributed by atoms with E-state index < -0.39 is 17.0 Å². The van der Waals surface area contributed by atoms with Crippen LogP contribution in [0.2, 0.25) is 0 Å². The van der Waals surface area contributed by atoms with Crippen molar-refractivity contribution in [1.29, 1.82) is 0 Å². The van der Waals surface area contributed by atoms with Crippen LogP contribution in [0, 0.1) is 16.7 Å². The molecule has 0 unspecified atom stereocenters. The number of hydrogen-bond donors (Lipinski definition) is 2. The lowest BCUT2D eigenvalue weighted by Gasteiger charge is -2.19. The normalized spacial score (nSPS) is 22.4. The summed E-state index contributed by atoms with van der Waals surface area (Å²) in [5, 5.41) is 20.4. The average Bonchev–Trinajstić information content (AvgIpc) is 3.00. The van der Waals surface area contributed by atoms with Gasteiger partial charge in [-0.3, -0.25) is 9.59 Å². The molecule has 1 saturated carbocycles. The molecule has 4 atom stereocenters. The van der Waals surface area contributed by atoms with Gasteiger partial charge < -0.3 is 14.9 Å². The minimum Gasteiger partial charge on any atom is -0.464 e. The van der Waals surface area contributed by atoms with Gasteiger partial charge in [0, 0.05) is 41.2 Å². The van der Waals surface area contributed by atoms with Crippen molar-refractivity contribution >= 4 is 23.7 Å². The summed E-state index contributed by atoms with van der Waals surface area (Å²) in [4.78, 5) is 34.5. The van der Waals surface area contributed by atoms with E-state index in [2.05, 4.69) is 11.5 Å². The van der Waals surface area contributed by atoms with Gasteiger partial charge >= 0.3 is 5.97 Å². The Labute approximate surface area is 196 Å².